The molecule has 0 saturated heterocycles. The molecule has 6 heteroatoms. The summed E-state index contributed by atoms with van der Waals surface area (Å²) in [6.45, 7) is 5.11. The zero-order chi connectivity index (χ0) is 14.5. The second-order valence-corrected chi connectivity index (χ2v) is 5.36. The predicted molar refractivity (Wildman–Crippen MR) is 76.2 cm³/mol. The van der Waals surface area contributed by atoms with Crippen LogP contribution in [0, 0.1) is 11.8 Å². The van der Waals surface area contributed by atoms with E-state index in [2.05, 4.69) is 20.3 Å². The number of aliphatic carboxylic acids is 1. The van der Waals surface area contributed by atoms with Crippen molar-refractivity contribution in [1.29, 1.82) is 0 Å². The fourth-order valence-corrected chi connectivity index (χ4v) is 2.26. The van der Waals surface area contributed by atoms with Gasteiger partial charge >= 0.3 is 5.97 Å². The number of rotatable bonds is 7. The van der Waals surface area contributed by atoms with E-state index in [1.54, 1.807) is 12.4 Å². The van der Waals surface area contributed by atoms with Gasteiger partial charge in [-0.15, -0.1) is 0 Å². The summed E-state index contributed by atoms with van der Waals surface area (Å²) in [6, 6.07) is 0. The summed E-state index contributed by atoms with van der Waals surface area (Å²) in [5, 5.41) is 12.4. The normalized spacial score (nSPS) is 12.9. The van der Waals surface area contributed by atoms with Crippen molar-refractivity contribution in [3.05, 3.63) is 24.2 Å². The van der Waals surface area contributed by atoms with E-state index in [1.165, 1.54) is 0 Å². The Morgan fingerprint density at radius 2 is 2.15 bits per heavy atom. The highest BCUT2D eigenvalue weighted by atomic mass is 16.4. The van der Waals surface area contributed by atoms with Gasteiger partial charge in [0, 0.05) is 37.2 Å². The number of nitrogens with one attached hydrogen (secondary N) is 2. The Morgan fingerprint density at radius 3 is 2.85 bits per heavy atom. The molecule has 2 aromatic rings. The lowest BCUT2D eigenvalue weighted by molar-refractivity contribution is -0.142. The predicted octanol–water partition coefficient (Wildman–Crippen LogP) is 1.79. The summed E-state index contributed by atoms with van der Waals surface area (Å²) in [6.07, 6.45) is 5.82. The van der Waals surface area contributed by atoms with Gasteiger partial charge in [-0.2, -0.15) is 0 Å². The van der Waals surface area contributed by atoms with Crippen LogP contribution in [0.5, 0.6) is 0 Å². The lowest BCUT2D eigenvalue weighted by atomic mass is 9.97. The Kier molecular flexibility index (Phi) is 4.68. The summed E-state index contributed by atoms with van der Waals surface area (Å²) < 4.78 is 0. The van der Waals surface area contributed by atoms with Crippen LogP contribution in [-0.2, 0) is 11.3 Å². The SMILES string of the molecule is CC(C)CC(CNCc1c[nH]c2nccnc12)C(=O)O. The molecule has 6 nitrogen and oxygen atoms in total. The average molecular weight is 276 g/mol. The molecule has 0 aliphatic carbocycles. The molecule has 108 valence electrons. The third kappa shape index (κ3) is 3.54. The maximum absolute atomic E-state index is 11.2. The fourth-order valence-electron chi connectivity index (χ4n) is 2.26. The van der Waals surface area contributed by atoms with Crippen LogP contribution < -0.4 is 5.32 Å². The van der Waals surface area contributed by atoms with E-state index in [1.807, 2.05) is 20.0 Å². The Bertz CT molecular complexity index is 579. The van der Waals surface area contributed by atoms with Gasteiger partial charge in [0.1, 0.15) is 5.52 Å². The van der Waals surface area contributed by atoms with Crippen LogP contribution >= 0.6 is 0 Å². The zero-order valence-electron chi connectivity index (χ0n) is 11.8. The van der Waals surface area contributed by atoms with Crippen molar-refractivity contribution in [3.8, 4) is 0 Å². The maximum Gasteiger partial charge on any atom is 0.307 e. The lowest BCUT2D eigenvalue weighted by Crippen LogP contribution is -2.29. The van der Waals surface area contributed by atoms with Gasteiger partial charge in [0.05, 0.1) is 5.92 Å². The minimum absolute atomic E-state index is 0.355. The molecule has 0 radical (unpaired) electrons. The number of hydrogen-bond donors (Lipinski definition) is 3. The maximum atomic E-state index is 11.2. The fraction of sp³-hybridized carbons (Fsp3) is 0.500. The van der Waals surface area contributed by atoms with E-state index < -0.39 is 5.97 Å². The van der Waals surface area contributed by atoms with Crippen molar-refractivity contribution in [2.75, 3.05) is 6.54 Å². The first-order valence-electron chi connectivity index (χ1n) is 6.78. The molecule has 0 saturated carbocycles. The van der Waals surface area contributed by atoms with Crippen LogP contribution in [-0.4, -0.2) is 32.6 Å². The van der Waals surface area contributed by atoms with Crippen LogP contribution in [0.25, 0.3) is 11.2 Å². The highest BCUT2D eigenvalue weighted by Gasteiger charge is 2.18. The number of fused-ring (bicyclic) bond motifs is 1. The van der Waals surface area contributed by atoms with Gasteiger partial charge in [-0.1, -0.05) is 13.8 Å². The molecular weight excluding hydrogens is 256 g/mol. The largest absolute Gasteiger partial charge is 0.481 e. The van der Waals surface area contributed by atoms with Crippen LogP contribution in [0.1, 0.15) is 25.8 Å². The summed E-state index contributed by atoms with van der Waals surface area (Å²) in [5.74, 6) is -0.729. The highest BCUT2D eigenvalue weighted by Crippen LogP contribution is 2.14. The first kappa shape index (κ1) is 14.5. The van der Waals surface area contributed by atoms with Crippen molar-refractivity contribution < 1.29 is 9.90 Å². The van der Waals surface area contributed by atoms with E-state index >= 15 is 0 Å². The Labute approximate surface area is 117 Å². The quantitative estimate of drug-likeness (QED) is 0.717. The van der Waals surface area contributed by atoms with Gasteiger partial charge in [0.2, 0.25) is 0 Å². The van der Waals surface area contributed by atoms with E-state index in [-0.39, 0.29) is 5.92 Å². The molecule has 20 heavy (non-hydrogen) atoms. The number of hydrogen-bond acceptors (Lipinski definition) is 4. The van der Waals surface area contributed by atoms with Crippen molar-refractivity contribution in [3.63, 3.8) is 0 Å². The molecule has 0 aromatic carbocycles. The van der Waals surface area contributed by atoms with E-state index in [9.17, 15) is 9.90 Å². The van der Waals surface area contributed by atoms with E-state index in [4.69, 9.17) is 0 Å². The lowest BCUT2D eigenvalue weighted by Gasteiger charge is -2.15. The van der Waals surface area contributed by atoms with Gasteiger partial charge in [-0.25, -0.2) is 4.98 Å². The number of carboxylic acids is 1. The molecule has 0 aliphatic heterocycles. The average Bonchev–Trinajstić information content (AvgIpc) is 2.80. The van der Waals surface area contributed by atoms with Crippen molar-refractivity contribution in [2.45, 2.75) is 26.8 Å². The second kappa shape index (κ2) is 6.47. The molecule has 1 atom stereocenters. The monoisotopic (exact) mass is 276 g/mol. The van der Waals surface area contributed by atoms with Gasteiger partial charge < -0.3 is 15.4 Å². The third-order valence-corrected chi connectivity index (χ3v) is 3.20. The van der Waals surface area contributed by atoms with Crippen LogP contribution in [0.2, 0.25) is 0 Å². The van der Waals surface area contributed by atoms with Gasteiger partial charge in [-0.05, 0) is 12.3 Å². The Balaban J connectivity index is 1.93. The molecule has 1 unspecified atom stereocenters. The third-order valence-electron chi connectivity index (χ3n) is 3.20. The molecule has 0 aliphatic rings. The number of carboxylic acid groups (broad SMARTS) is 1. The van der Waals surface area contributed by atoms with Crippen molar-refractivity contribution in [1.82, 2.24) is 20.3 Å². The van der Waals surface area contributed by atoms with Gasteiger partial charge in [-0.3, -0.25) is 9.78 Å². The summed E-state index contributed by atoms with van der Waals surface area (Å²) >= 11 is 0. The molecule has 2 rings (SSSR count). The molecule has 0 amide bonds. The highest BCUT2D eigenvalue weighted by molar-refractivity contribution is 5.74. The molecule has 2 aromatic heterocycles. The molecule has 0 spiro atoms. The molecular formula is C14H20N4O2. The molecule has 2 heterocycles. The van der Waals surface area contributed by atoms with Gasteiger partial charge in [0.25, 0.3) is 0 Å². The van der Waals surface area contributed by atoms with E-state index in [0.717, 1.165) is 16.7 Å². The van der Waals surface area contributed by atoms with Crippen LogP contribution in [0.15, 0.2) is 18.6 Å². The van der Waals surface area contributed by atoms with Crippen LogP contribution in [0.3, 0.4) is 0 Å². The topological polar surface area (TPSA) is 90.9 Å². The van der Waals surface area contributed by atoms with Crippen molar-refractivity contribution >= 4 is 17.1 Å². The number of nitrogens with zero attached hydrogens (tertiary/aromatic N) is 2. The standard InChI is InChI=1S/C14H20N4O2/c1-9(2)5-10(14(19)20)6-15-7-11-8-18-13-12(11)16-3-4-17-13/h3-4,8-10,15H,5-7H2,1-2H3,(H,17,18)(H,19,20). The van der Waals surface area contributed by atoms with E-state index in [0.29, 0.717) is 25.4 Å². The first-order valence-corrected chi connectivity index (χ1v) is 6.78. The second-order valence-electron chi connectivity index (χ2n) is 5.36. The summed E-state index contributed by atoms with van der Waals surface area (Å²) in [7, 11) is 0. The summed E-state index contributed by atoms with van der Waals surface area (Å²) in [4.78, 5) is 22.7. The number of aromatic amines is 1. The molecule has 3 N–H and O–H groups in total. The molecule has 0 fully saturated rings. The number of aromatic nitrogens is 3. The summed E-state index contributed by atoms with van der Waals surface area (Å²) in [5.41, 5.74) is 2.58. The number of carbonyl (C=O) groups is 1. The van der Waals surface area contributed by atoms with Gasteiger partial charge in [0.15, 0.2) is 5.65 Å². The molecule has 0 bridgehead atoms. The minimum Gasteiger partial charge on any atom is -0.481 e. The zero-order valence-corrected chi connectivity index (χ0v) is 11.8. The smallest absolute Gasteiger partial charge is 0.307 e. The van der Waals surface area contributed by atoms with Crippen LogP contribution in [0.4, 0.5) is 0 Å². The minimum atomic E-state index is -0.745. The Hall–Kier alpha value is -1.95. The first-order chi connectivity index (χ1) is 9.58. The number of H-pyrrole nitrogens is 1. The van der Waals surface area contributed by atoms with Crippen molar-refractivity contribution in [2.24, 2.45) is 11.8 Å². The Morgan fingerprint density at radius 1 is 1.40 bits per heavy atom.